The van der Waals surface area contributed by atoms with Gasteiger partial charge in [0.25, 0.3) is 0 Å². The van der Waals surface area contributed by atoms with Crippen LogP contribution in [0.3, 0.4) is 0 Å². The maximum Gasteiger partial charge on any atom is 0.305 e. The molecule has 0 saturated heterocycles. The summed E-state index contributed by atoms with van der Waals surface area (Å²) in [5.41, 5.74) is 14.9. The number of primary amides is 1. The molecule has 0 aliphatic carbocycles. The van der Waals surface area contributed by atoms with Crippen molar-refractivity contribution in [2.24, 2.45) is 29.0 Å². The number of carbonyl (C=O) groups is 16. The number of unbranched alkanes of at least 4 members (excludes halogenated alkanes) is 2. The van der Waals surface area contributed by atoms with Gasteiger partial charge in [0.15, 0.2) is 0 Å². The second kappa shape index (κ2) is 48.2. The molecule has 3 rings (SSSR count). The van der Waals surface area contributed by atoms with E-state index in [1.54, 1.807) is 94.4 Å². The molecule has 0 saturated carbocycles. The number of rotatable bonds is 40. The van der Waals surface area contributed by atoms with Gasteiger partial charge in [0.05, 0.1) is 19.6 Å². The van der Waals surface area contributed by atoms with Gasteiger partial charge in [0.2, 0.25) is 82.7 Å². The Morgan fingerprint density at radius 3 is 1.63 bits per heavy atom. The number of hydrogen-bond acceptors (Lipinski definition) is 19. The molecule has 110 heavy (non-hydrogen) atoms. The lowest BCUT2D eigenvalue weighted by Crippen LogP contribution is -2.65. The molecular formula is C75H116N16O19. The molecule has 0 aromatic heterocycles. The Hall–Kier alpha value is -10.4. The summed E-state index contributed by atoms with van der Waals surface area (Å²) in [4.78, 5) is 220. The van der Waals surface area contributed by atoms with Crippen LogP contribution in [0.25, 0.3) is 0 Å². The predicted octanol–water partition coefficient (Wildman–Crippen LogP) is -1.70. The van der Waals surface area contributed by atoms with Crippen molar-refractivity contribution in [2.75, 3.05) is 26.2 Å². The van der Waals surface area contributed by atoms with Crippen LogP contribution in [0.2, 0.25) is 0 Å². The molecule has 1 aliphatic rings. The lowest BCUT2D eigenvalue weighted by atomic mass is 9.90. The summed E-state index contributed by atoms with van der Waals surface area (Å²) >= 11 is 0. The van der Waals surface area contributed by atoms with Crippen LogP contribution in [0.1, 0.15) is 176 Å². The Bertz CT molecular complexity index is 3480. The Morgan fingerprint density at radius 1 is 0.573 bits per heavy atom. The van der Waals surface area contributed by atoms with Crippen LogP contribution in [0.5, 0.6) is 0 Å². The highest BCUT2D eigenvalue weighted by molar-refractivity contribution is 6.01. The van der Waals surface area contributed by atoms with E-state index in [0.717, 1.165) is 0 Å². The summed E-state index contributed by atoms with van der Waals surface area (Å²) in [6, 6.07) is 1.62. The fraction of sp³-hybridized carbons (Fsp3) is 0.600. The highest BCUT2D eigenvalue weighted by Gasteiger charge is 2.43. The van der Waals surface area contributed by atoms with Crippen LogP contribution in [0.15, 0.2) is 72.8 Å². The molecule has 0 spiro atoms. The van der Waals surface area contributed by atoms with Crippen LogP contribution >= 0.6 is 0 Å². The standard InChI is InChI=1S/C75H116N16O19/c1-9-44(3)60(70(107)80-46(5)63(100)81-52(33-34-58(95)96)65(102)85-56(43-92)69(106)83-53(62(78)99)39-48-27-17-15-18-28-48)88-66(103)50(31-21-25-37-76)82-64(101)51(32-22-26-38-77)86-73(110)75(8)36-24-14-12-11-13-23-35-74(7,90-57(94)42-79-47(6)93)72(109)87-54(40-49-29-19-16-20-30-49)67(104)84-55(41-59(97)98)68(105)89-61(45(4)10-2)71(108)91-75/h11-12,15-20,27-30,44-46,50-56,60-61,92H,9-10,13-14,21-26,31-43,76-77H2,1-8H3,(H2,78,99)(H,79,93)(H,80,107)(H,81,100)(H,82,101)(H,83,106)(H,84,104)(H,85,102)(H,86,110)(H,87,109)(H,88,103)(H,89,105)(H,90,94)(H,91,108)(H,95,96)(H,97,98)/b12-11-/t44-,45-,46-,50-,51-,52-,53-,54-,55-,56-,60-,61-,74-,75-/m0/s1. The first-order chi connectivity index (χ1) is 52.0. The van der Waals surface area contributed by atoms with Gasteiger partial charge in [0.1, 0.15) is 71.5 Å². The number of benzene rings is 2. The fourth-order valence-corrected chi connectivity index (χ4v) is 11.8. The second-order valence-electron chi connectivity index (χ2n) is 28.3. The number of nitrogens with two attached hydrogens (primary N) is 3. The van der Waals surface area contributed by atoms with E-state index in [0.29, 0.717) is 36.8 Å². The fourth-order valence-electron chi connectivity index (χ4n) is 11.8. The first-order valence-electron chi connectivity index (χ1n) is 37.4. The Kier molecular flexibility index (Phi) is 41.1. The van der Waals surface area contributed by atoms with Crippen molar-refractivity contribution in [1.82, 2.24) is 69.1 Å². The maximum absolute atomic E-state index is 15.2. The monoisotopic (exact) mass is 1540 g/mol. The SMILES string of the molecule is CC[C@H](C)[C@H](NC(=O)[C@H](CCCCN)NC(=O)[C@H](CCCCN)NC(=O)[C@]1(C)CCC/C=C\CCC[C@](C)(NC(=O)CNC(C)=O)C(=O)N[C@@H](Cc2ccccc2)C(=O)N[C@@H](CC(=O)O)C(=O)N[C@@H]([C@@H](C)CC)C(=O)N1)C(=O)N[C@@H](C)C(=O)N[C@@H](CCC(=O)O)C(=O)N[C@@H](CO)C(=O)N[C@@H](Cc1ccccc1)C(N)=O. The Morgan fingerprint density at radius 2 is 1.09 bits per heavy atom. The zero-order valence-corrected chi connectivity index (χ0v) is 64.2. The number of allylic oxidation sites excluding steroid dienone is 2. The van der Waals surface area contributed by atoms with Gasteiger partial charge in [-0.3, -0.25) is 76.7 Å². The molecule has 1 aliphatic heterocycles. The molecule has 610 valence electrons. The number of carboxylic acids is 2. The first kappa shape index (κ1) is 93.8. The van der Waals surface area contributed by atoms with Crippen LogP contribution in [0, 0.1) is 11.8 Å². The highest BCUT2D eigenvalue weighted by Crippen LogP contribution is 2.22. The largest absolute Gasteiger partial charge is 0.481 e. The van der Waals surface area contributed by atoms with Gasteiger partial charge in [-0.2, -0.15) is 0 Å². The van der Waals surface area contributed by atoms with E-state index in [4.69, 9.17) is 17.2 Å². The zero-order chi connectivity index (χ0) is 82.3. The summed E-state index contributed by atoms with van der Waals surface area (Å²) in [6.07, 6.45) is 3.79. The minimum absolute atomic E-state index is 0.00863. The van der Waals surface area contributed by atoms with Gasteiger partial charge in [-0.15, -0.1) is 0 Å². The van der Waals surface area contributed by atoms with Crippen molar-refractivity contribution < 1.29 is 92.0 Å². The summed E-state index contributed by atoms with van der Waals surface area (Å²) in [5.74, 6) is -17.0. The van der Waals surface area contributed by atoms with Crippen molar-refractivity contribution in [2.45, 2.75) is 249 Å². The number of amides is 14. The number of carboxylic acid groups (broad SMARTS) is 2. The quantitative estimate of drug-likeness (QED) is 0.0261. The molecular weight excluding hydrogens is 1430 g/mol. The predicted molar refractivity (Wildman–Crippen MR) is 404 cm³/mol. The molecule has 0 bridgehead atoms. The van der Waals surface area contributed by atoms with Gasteiger partial charge < -0.3 is 102 Å². The average molecular weight is 1550 g/mol. The van der Waals surface area contributed by atoms with E-state index in [9.17, 15) is 87.2 Å². The van der Waals surface area contributed by atoms with Crippen LogP contribution < -0.4 is 86.3 Å². The van der Waals surface area contributed by atoms with Crippen molar-refractivity contribution in [1.29, 1.82) is 0 Å². The molecule has 0 unspecified atom stereocenters. The number of aliphatic carboxylic acids is 2. The van der Waals surface area contributed by atoms with E-state index in [2.05, 4.69) is 69.1 Å². The van der Waals surface area contributed by atoms with Gasteiger partial charge in [-0.05, 0) is 140 Å². The van der Waals surface area contributed by atoms with Gasteiger partial charge in [0, 0.05) is 26.2 Å². The maximum atomic E-state index is 15.2. The number of aliphatic hydroxyl groups excluding tert-OH is 1. The summed E-state index contributed by atoms with van der Waals surface area (Å²) in [6.45, 7) is 10.8. The van der Waals surface area contributed by atoms with E-state index >= 15 is 4.79 Å². The number of carbonyl (C=O) groups excluding carboxylic acids is 14. The smallest absolute Gasteiger partial charge is 0.305 e. The summed E-state index contributed by atoms with van der Waals surface area (Å²) in [7, 11) is 0. The number of nitrogens with one attached hydrogen (secondary N) is 13. The van der Waals surface area contributed by atoms with Crippen molar-refractivity contribution in [3.05, 3.63) is 83.9 Å². The van der Waals surface area contributed by atoms with Crippen LogP contribution in [-0.2, 0) is 89.6 Å². The Labute approximate surface area is 641 Å². The van der Waals surface area contributed by atoms with Crippen molar-refractivity contribution in [3.8, 4) is 0 Å². The Balaban J connectivity index is 2.02. The molecule has 1 heterocycles. The molecule has 22 N–H and O–H groups in total. The van der Waals surface area contributed by atoms with Crippen molar-refractivity contribution >= 4 is 94.6 Å². The molecule has 35 nitrogen and oxygen atoms in total. The van der Waals surface area contributed by atoms with Crippen molar-refractivity contribution in [3.63, 3.8) is 0 Å². The molecule has 0 radical (unpaired) electrons. The van der Waals surface area contributed by atoms with E-state index in [-0.39, 0.29) is 90.1 Å². The lowest BCUT2D eigenvalue weighted by Gasteiger charge is -2.35. The number of hydrogen-bond donors (Lipinski definition) is 19. The second-order valence-corrected chi connectivity index (χ2v) is 28.3. The van der Waals surface area contributed by atoms with E-state index in [1.807, 2.05) is 6.08 Å². The zero-order valence-electron chi connectivity index (χ0n) is 64.2. The summed E-state index contributed by atoms with van der Waals surface area (Å²) < 4.78 is 0. The third-order valence-electron chi connectivity index (χ3n) is 19.0. The van der Waals surface area contributed by atoms with Gasteiger partial charge >= 0.3 is 11.9 Å². The van der Waals surface area contributed by atoms with Gasteiger partial charge in [-0.25, -0.2) is 0 Å². The van der Waals surface area contributed by atoms with Gasteiger partial charge in [-0.1, -0.05) is 113 Å². The normalized spacial score (nSPS) is 20.8. The van der Waals surface area contributed by atoms with Crippen LogP contribution in [0.4, 0.5) is 0 Å². The molecule has 0 fully saturated rings. The lowest BCUT2D eigenvalue weighted by molar-refractivity contribution is -0.142. The molecule has 14 atom stereocenters. The highest BCUT2D eigenvalue weighted by atomic mass is 16.4. The molecule has 2 aromatic rings. The number of aliphatic hydroxyl groups is 1. The topological polar surface area (TPSA) is 568 Å². The minimum Gasteiger partial charge on any atom is -0.481 e. The third kappa shape index (κ3) is 32.8. The molecule has 35 heteroatoms. The van der Waals surface area contributed by atoms with E-state index < -0.39 is 210 Å². The molecule has 2 aromatic carbocycles. The third-order valence-corrected chi connectivity index (χ3v) is 19.0. The summed E-state index contributed by atoms with van der Waals surface area (Å²) in [5, 5.41) is 63.3. The van der Waals surface area contributed by atoms with E-state index in [1.165, 1.54) is 27.7 Å². The minimum atomic E-state index is -1.91. The van der Waals surface area contributed by atoms with Crippen LogP contribution in [-0.4, -0.2) is 208 Å². The first-order valence-corrected chi connectivity index (χ1v) is 37.4. The molecule has 14 amide bonds. The average Bonchev–Trinajstić information content (AvgIpc) is 0.844.